The number of carbonyl (C=O) groups is 1. The second-order valence-corrected chi connectivity index (χ2v) is 5.30. The van der Waals surface area contributed by atoms with Crippen LogP contribution >= 0.6 is 0 Å². The molecule has 19 heavy (non-hydrogen) atoms. The van der Waals surface area contributed by atoms with E-state index in [2.05, 4.69) is 0 Å². The lowest BCUT2D eigenvalue weighted by Crippen LogP contribution is -2.12. The van der Waals surface area contributed by atoms with E-state index in [0.29, 0.717) is 4.90 Å². The van der Waals surface area contributed by atoms with Gasteiger partial charge in [0.2, 0.25) is 0 Å². The van der Waals surface area contributed by atoms with Crippen molar-refractivity contribution in [3.8, 4) is 0 Å². The van der Waals surface area contributed by atoms with Crippen molar-refractivity contribution in [3.63, 3.8) is 0 Å². The largest absolute Gasteiger partial charge is 0.293 e. The van der Waals surface area contributed by atoms with Crippen LogP contribution in [0, 0.1) is 11.6 Å². The van der Waals surface area contributed by atoms with Crippen LogP contribution in [0.15, 0.2) is 53.4 Å². The lowest BCUT2D eigenvalue weighted by Gasteiger charge is -2.03. The van der Waals surface area contributed by atoms with Crippen molar-refractivity contribution in [2.75, 3.05) is 5.75 Å². The highest BCUT2D eigenvalue weighted by Crippen LogP contribution is 2.12. The van der Waals surface area contributed by atoms with Crippen LogP contribution in [-0.2, 0) is 10.8 Å². The van der Waals surface area contributed by atoms with Gasteiger partial charge in [-0.1, -0.05) is 12.1 Å². The molecule has 0 aliphatic heterocycles. The third-order valence-electron chi connectivity index (χ3n) is 2.51. The Bertz CT molecular complexity index is 624. The Hall–Kier alpha value is -1.88. The Morgan fingerprint density at radius 1 is 1.00 bits per heavy atom. The van der Waals surface area contributed by atoms with Gasteiger partial charge in [-0.2, -0.15) is 0 Å². The zero-order chi connectivity index (χ0) is 13.8. The predicted octanol–water partition coefficient (Wildman–Crippen LogP) is 2.96. The van der Waals surface area contributed by atoms with Crippen LogP contribution in [0.4, 0.5) is 8.78 Å². The first kappa shape index (κ1) is 13.5. The van der Waals surface area contributed by atoms with Crippen molar-refractivity contribution >= 4 is 16.6 Å². The minimum Gasteiger partial charge on any atom is -0.293 e. The van der Waals surface area contributed by atoms with E-state index in [4.69, 9.17) is 0 Å². The van der Waals surface area contributed by atoms with Crippen LogP contribution in [0.3, 0.4) is 0 Å². The van der Waals surface area contributed by atoms with Crippen molar-refractivity contribution in [2.45, 2.75) is 4.90 Å². The number of rotatable bonds is 4. The number of hydrogen-bond acceptors (Lipinski definition) is 2. The van der Waals surface area contributed by atoms with Crippen LogP contribution in [0.5, 0.6) is 0 Å². The summed E-state index contributed by atoms with van der Waals surface area (Å²) in [4.78, 5) is 12.1. The summed E-state index contributed by atoms with van der Waals surface area (Å²) in [5, 5.41) is 0. The fourth-order valence-corrected chi connectivity index (χ4v) is 2.55. The Balaban J connectivity index is 2.13. The van der Waals surface area contributed by atoms with Crippen LogP contribution < -0.4 is 0 Å². The standard InChI is InChI=1S/C14H10F2O2S/c15-10-5-7-11(8-6-10)19(18)9-14(17)12-3-1-2-4-13(12)16/h1-8H,9H2. The van der Waals surface area contributed by atoms with Crippen LogP contribution in [0.2, 0.25) is 0 Å². The topological polar surface area (TPSA) is 34.1 Å². The minimum atomic E-state index is -1.61. The average molecular weight is 280 g/mol. The summed E-state index contributed by atoms with van der Waals surface area (Å²) in [6.45, 7) is 0. The van der Waals surface area contributed by atoms with Gasteiger partial charge in [-0.3, -0.25) is 9.00 Å². The summed E-state index contributed by atoms with van der Waals surface area (Å²) in [6, 6.07) is 10.6. The molecule has 1 atom stereocenters. The maximum atomic E-state index is 13.4. The minimum absolute atomic E-state index is 0.0852. The molecule has 2 rings (SSSR count). The number of ketones is 1. The van der Waals surface area contributed by atoms with Crippen molar-refractivity contribution in [2.24, 2.45) is 0 Å². The number of carbonyl (C=O) groups excluding carboxylic acids is 1. The molecule has 98 valence electrons. The van der Waals surface area contributed by atoms with Gasteiger partial charge in [0.1, 0.15) is 11.6 Å². The van der Waals surface area contributed by atoms with E-state index < -0.39 is 28.2 Å². The molecule has 0 saturated carbocycles. The van der Waals surface area contributed by atoms with Crippen LogP contribution in [-0.4, -0.2) is 15.7 Å². The first-order valence-electron chi connectivity index (χ1n) is 5.49. The van der Waals surface area contributed by atoms with Crippen molar-refractivity contribution in [1.82, 2.24) is 0 Å². The summed E-state index contributed by atoms with van der Waals surface area (Å²) in [5.41, 5.74) is -0.0852. The summed E-state index contributed by atoms with van der Waals surface area (Å²) in [7, 11) is -1.61. The molecule has 2 nitrogen and oxygen atoms in total. The average Bonchev–Trinajstić information content (AvgIpc) is 2.39. The molecule has 0 heterocycles. The Labute approximate surface area is 111 Å². The van der Waals surface area contributed by atoms with Gasteiger partial charge in [0.05, 0.1) is 22.1 Å². The summed E-state index contributed by atoms with van der Waals surface area (Å²) >= 11 is 0. The maximum absolute atomic E-state index is 13.4. The normalized spacial score (nSPS) is 12.1. The SMILES string of the molecule is O=C(CS(=O)c1ccc(F)cc1)c1ccccc1F. The zero-order valence-corrected chi connectivity index (χ0v) is 10.6. The summed E-state index contributed by atoms with van der Waals surface area (Å²) in [6.07, 6.45) is 0. The van der Waals surface area contributed by atoms with Gasteiger partial charge in [-0.25, -0.2) is 8.78 Å². The van der Waals surface area contributed by atoms with Gasteiger partial charge in [0.25, 0.3) is 0 Å². The molecule has 0 saturated heterocycles. The van der Waals surface area contributed by atoms with Gasteiger partial charge in [-0.05, 0) is 36.4 Å². The lowest BCUT2D eigenvalue weighted by molar-refractivity contribution is 0.101. The number of halogens is 2. The fourth-order valence-electron chi connectivity index (χ4n) is 1.55. The van der Waals surface area contributed by atoms with Gasteiger partial charge < -0.3 is 0 Å². The first-order chi connectivity index (χ1) is 9.08. The molecule has 0 aliphatic carbocycles. The number of benzene rings is 2. The smallest absolute Gasteiger partial charge is 0.178 e. The molecule has 2 aromatic carbocycles. The summed E-state index contributed by atoms with van der Waals surface area (Å²) < 4.78 is 38.0. The van der Waals surface area contributed by atoms with Gasteiger partial charge >= 0.3 is 0 Å². The van der Waals surface area contributed by atoms with E-state index >= 15 is 0 Å². The van der Waals surface area contributed by atoms with Gasteiger partial charge in [-0.15, -0.1) is 0 Å². The van der Waals surface area contributed by atoms with E-state index in [9.17, 15) is 17.8 Å². The fraction of sp³-hybridized carbons (Fsp3) is 0.0714. The molecule has 2 aromatic rings. The Morgan fingerprint density at radius 3 is 2.26 bits per heavy atom. The molecule has 0 spiro atoms. The first-order valence-corrected chi connectivity index (χ1v) is 6.81. The molecule has 0 aromatic heterocycles. The zero-order valence-electron chi connectivity index (χ0n) is 9.81. The molecule has 0 radical (unpaired) electrons. The second-order valence-electron chi connectivity index (χ2n) is 3.85. The highest BCUT2D eigenvalue weighted by molar-refractivity contribution is 7.85. The maximum Gasteiger partial charge on any atom is 0.178 e. The number of Topliss-reactive ketones (excluding diaryl/α,β-unsaturated/α-hetero) is 1. The molecule has 0 N–H and O–H groups in total. The highest BCUT2D eigenvalue weighted by Gasteiger charge is 2.15. The van der Waals surface area contributed by atoms with Crippen LogP contribution in [0.1, 0.15) is 10.4 Å². The Morgan fingerprint density at radius 2 is 1.63 bits per heavy atom. The third-order valence-corrected chi connectivity index (χ3v) is 3.84. The van der Waals surface area contributed by atoms with Crippen molar-refractivity contribution in [1.29, 1.82) is 0 Å². The lowest BCUT2D eigenvalue weighted by atomic mass is 10.1. The monoisotopic (exact) mass is 280 g/mol. The van der Waals surface area contributed by atoms with Gasteiger partial charge in [0, 0.05) is 4.90 Å². The van der Waals surface area contributed by atoms with E-state index in [1.807, 2.05) is 0 Å². The third kappa shape index (κ3) is 3.32. The molecule has 0 fully saturated rings. The van der Waals surface area contributed by atoms with Crippen molar-refractivity contribution in [3.05, 3.63) is 65.7 Å². The molecule has 5 heteroatoms. The predicted molar refractivity (Wildman–Crippen MR) is 68.4 cm³/mol. The molecular weight excluding hydrogens is 270 g/mol. The number of hydrogen-bond donors (Lipinski definition) is 0. The highest BCUT2D eigenvalue weighted by atomic mass is 32.2. The van der Waals surface area contributed by atoms with Gasteiger partial charge in [0.15, 0.2) is 5.78 Å². The molecule has 0 amide bonds. The second kappa shape index (κ2) is 5.84. The quantitative estimate of drug-likeness (QED) is 0.807. The Kier molecular flexibility index (Phi) is 4.16. The van der Waals surface area contributed by atoms with Crippen LogP contribution in [0.25, 0.3) is 0 Å². The molecule has 0 bridgehead atoms. The molecule has 0 aliphatic rings. The van der Waals surface area contributed by atoms with E-state index in [1.165, 1.54) is 48.5 Å². The van der Waals surface area contributed by atoms with E-state index in [-0.39, 0.29) is 11.3 Å². The summed E-state index contributed by atoms with van der Waals surface area (Å²) in [5.74, 6) is -1.95. The molecule has 1 unspecified atom stereocenters. The molecular formula is C14H10F2O2S. The van der Waals surface area contributed by atoms with E-state index in [0.717, 1.165) is 0 Å². The van der Waals surface area contributed by atoms with Crippen molar-refractivity contribution < 1.29 is 17.8 Å². The van der Waals surface area contributed by atoms with E-state index in [1.54, 1.807) is 0 Å².